The molecule has 0 aromatic carbocycles. The first-order chi connectivity index (χ1) is 8.85. The van der Waals surface area contributed by atoms with E-state index in [2.05, 4.69) is 16.2 Å². The molecule has 0 radical (unpaired) electrons. The lowest BCUT2D eigenvalue weighted by molar-refractivity contribution is 0.576. The fourth-order valence-electron chi connectivity index (χ4n) is 1.81. The van der Waals surface area contributed by atoms with Gasteiger partial charge in [-0.25, -0.2) is 9.50 Å². The molecule has 3 rings (SSSR count). The number of thioether (sulfide) groups is 1. The molecular formula is C12H8N4OS. The summed E-state index contributed by atoms with van der Waals surface area (Å²) < 4.78 is 7.01. The maximum atomic E-state index is 9.34. The average Bonchev–Trinajstić information content (AvgIpc) is 3.06. The molecule has 0 saturated carbocycles. The number of nitrogens with zero attached hydrogens (tertiary/aromatic N) is 4. The van der Waals surface area contributed by atoms with Crippen LogP contribution in [0.15, 0.2) is 40.1 Å². The van der Waals surface area contributed by atoms with Crippen LogP contribution in [0.4, 0.5) is 0 Å². The van der Waals surface area contributed by atoms with Crippen LogP contribution in [0.2, 0.25) is 0 Å². The second-order valence-corrected chi connectivity index (χ2v) is 4.33. The highest BCUT2D eigenvalue weighted by Crippen LogP contribution is 2.29. The van der Waals surface area contributed by atoms with Crippen molar-refractivity contribution in [3.63, 3.8) is 0 Å². The molecule has 0 aliphatic heterocycles. The number of aromatic nitrogens is 3. The van der Waals surface area contributed by atoms with Crippen molar-refractivity contribution >= 4 is 17.4 Å². The van der Waals surface area contributed by atoms with Crippen molar-refractivity contribution in [3.05, 3.63) is 36.2 Å². The Labute approximate surface area is 107 Å². The summed E-state index contributed by atoms with van der Waals surface area (Å²) >= 11 is 1.43. The Morgan fingerprint density at radius 3 is 3.00 bits per heavy atom. The van der Waals surface area contributed by atoms with E-state index in [1.54, 1.807) is 35.2 Å². The molecule has 0 N–H and O–H groups in total. The number of furan rings is 1. The van der Waals surface area contributed by atoms with E-state index >= 15 is 0 Å². The van der Waals surface area contributed by atoms with Gasteiger partial charge in [-0.1, -0.05) is 0 Å². The van der Waals surface area contributed by atoms with Gasteiger partial charge in [-0.3, -0.25) is 0 Å². The first-order valence-corrected chi connectivity index (χ1v) is 6.43. The summed E-state index contributed by atoms with van der Waals surface area (Å²) in [4.78, 5) is 4.39. The van der Waals surface area contributed by atoms with E-state index in [1.165, 1.54) is 11.8 Å². The van der Waals surface area contributed by atoms with Crippen molar-refractivity contribution in [2.24, 2.45) is 0 Å². The molecule has 0 saturated heterocycles. The molecule has 3 aromatic heterocycles. The fourth-order valence-corrected chi connectivity index (χ4v) is 2.34. The Morgan fingerprint density at radius 1 is 1.44 bits per heavy atom. The summed E-state index contributed by atoms with van der Waals surface area (Å²) in [5.41, 5.74) is 1.82. The molecular weight excluding hydrogens is 248 g/mol. The Hall–Kier alpha value is -2.26. The molecule has 3 heterocycles. The zero-order valence-corrected chi connectivity index (χ0v) is 10.3. The van der Waals surface area contributed by atoms with Crippen molar-refractivity contribution in [2.45, 2.75) is 5.03 Å². The predicted molar refractivity (Wildman–Crippen MR) is 67.2 cm³/mol. The molecule has 0 bridgehead atoms. The lowest BCUT2D eigenvalue weighted by Gasteiger charge is -2.07. The van der Waals surface area contributed by atoms with Crippen LogP contribution in [0.25, 0.3) is 17.1 Å². The zero-order valence-electron chi connectivity index (χ0n) is 9.49. The van der Waals surface area contributed by atoms with Crippen LogP contribution in [-0.2, 0) is 0 Å². The summed E-state index contributed by atoms with van der Waals surface area (Å²) in [6.45, 7) is 0. The normalized spacial score (nSPS) is 10.7. The first kappa shape index (κ1) is 10.9. The SMILES string of the molecule is CSc1nc2ccnn2c(-c2ccco2)c1C#N. The minimum absolute atomic E-state index is 0.480. The van der Waals surface area contributed by atoms with Gasteiger partial charge in [0, 0.05) is 6.07 Å². The second kappa shape index (κ2) is 4.20. The monoisotopic (exact) mass is 256 g/mol. The fraction of sp³-hybridized carbons (Fsp3) is 0.0833. The van der Waals surface area contributed by atoms with E-state index in [9.17, 15) is 5.26 Å². The van der Waals surface area contributed by atoms with E-state index in [4.69, 9.17) is 4.42 Å². The van der Waals surface area contributed by atoms with Gasteiger partial charge in [0.2, 0.25) is 0 Å². The molecule has 0 unspecified atom stereocenters. The van der Waals surface area contributed by atoms with Crippen LogP contribution in [0.5, 0.6) is 0 Å². The highest BCUT2D eigenvalue weighted by Gasteiger charge is 2.18. The van der Waals surface area contributed by atoms with Crippen LogP contribution in [0, 0.1) is 11.3 Å². The van der Waals surface area contributed by atoms with Crippen molar-refractivity contribution in [1.82, 2.24) is 14.6 Å². The Morgan fingerprint density at radius 2 is 2.33 bits per heavy atom. The van der Waals surface area contributed by atoms with Crippen LogP contribution in [-0.4, -0.2) is 20.9 Å². The average molecular weight is 256 g/mol. The highest BCUT2D eigenvalue weighted by molar-refractivity contribution is 7.98. The van der Waals surface area contributed by atoms with Gasteiger partial charge in [0.05, 0.1) is 12.5 Å². The summed E-state index contributed by atoms with van der Waals surface area (Å²) in [6, 6.07) is 7.57. The number of nitriles is 1. The molecule has 6 heteroatoms. The third-order valence-corrected chi connectivity index (χ3v) is 3.24. The topological polar surface area (TPSA) is 67.1 Å². The maximum absolute atomic E-state index is 9.34. The van der Waals surface area contributed by atoms with Gasteiger partial charge < -0.3 is 4.42 Å². The van der Waals surface area contributed by atoms with Gasteiger partial charge in [-0.15, -0.1) is 11.8 Å². The summed E-state index contributed by atoms with van der Waals surface area (Å²) in [5.74, 6) is 0.609. The largest absolute Gasteiger partial charge is 0.463 e. The van der Waals surface area contributed by atoms with Crippen LogP contribution in [0.3, 0.4) is 0 Å². The minimum Gasteiger partial charge on any atom is -0.463 e. The summed E-state index contributed by atoms with van der Waals surface area (Å²) in [5, 5.41) is 14.2. The number of hydrogen-bond acceptors (Lipinski definition) is 5. The standard InChI is InChI=1S/C12H8N4OS/c1-18-12-8(7-13)11(9-3-2-6-17-9)16-10(15-12)4-5-14-16/h2-6H,1H3. The highest BCUT2D eigenvalue weighted by atomic mass is 32.2. The molecule has 0 aliphatic carbocycles. The number of fused-ring (bicyclic) bond motifs is 1. The van der Waals surface area contributed by atoms with Gasteiger partial charge in [0.15, 0.2) is 11.4 Å². The molecule has 0 spiro atoms. The van der Waals surface area contributed by atoms with Crippen molar-refractivity contribution < 1.29 is 4.42 Å². The van der Waals surface area contributed by atoms with E-state index in [0.717, 1.165) is 0 Å². The lowest BCUT2D eigenvalue weighted by Crippen LogP contribution is -2.01. The van der Waals surface area contributed by atoms with Gasteiger partial charge in [-0.05, 0) is 18.4 Å². The van der Waals surface area contributed by atoms with Crippen molar-refractivity contribution in [1.29, 1.82) is 5.26 Å². The smallest absolute Gasteiger partial charge is 0.157 e. The van der Waals surface area contributed by atoms with E-state index < -0.39 is 0 Å². The molecule has 88 valence electrons. The zero-order chi connectivity index (χ0) is 12.5. The molecule has 3 aromatic rings. The number of hydrogen-bond donors (Lipinski definition) is 0. The van der Waals surface area contributed by atoms with Crippen LogP contribution < -0.4 is 0 Å². The van der Waals surface area contributed by atoms with E-state index in [1.807, 2.05) is 6.26 Å². The summed E-state index contributed by atoms with van der Waals surface area (Å²) in [6.07, 6.45) is 5.12. The maximum Gasteiger partial charge on any atom is 0.157 e. The molecule has 18 heavy (non-hydrogen) atoms. The van der Waals surface area contributed by atoms with Gasteiger partial charge in [0.1, 0.15) is 22.4 Å². The second-order valence-electron chi connectivity index (χ2n) is 3.54. The van der Waals surface area contributed by atoms with Crippen LogP contribution in [0.1, 0.15) is 5.56 Å². The Kier molecular flexibility index (Phi) is 2.54. The van der Waals surface area contributed by atoms with Gasteiger partial charge >= 0.3 is 0 Å². The quantitative estimate of drug-likeness (QED) is 0.520. The van der Waals surface area contributed by atoms with Crippen LogP contribution >= 0.6 is 11.8 Å². The Balaban J connectivity index is 2.46. The summed E-state index contributed by atoms with van der Waals surface area (Å²) in [7, 11) is 0. The van der Waals surface area contributed by atoms with Crippen molar-refractivity contribution in [3.8, 4) is 17.5 Å². The lowest BCUT2D eigenvalue weighted by atomic mass is 10.2. The van der Waals surface area contributed by atoms with E-state index in [0.29, 0.717) is 27.7 Å². The van der Waals surface area contributed by atoms with E-state index in [-0.39, 0.29) is 0 Å². The van der Waals surface area contributed by atoms with Gasteiger partial charge in [-0.2, -0.15) is 10.4 Å². The molecule has 0 amide bonds. The molecule has 0 aliphatic rings. The van der Waals surface area contributed by atoms with Gasteiger partial charge in [0.25, 0.3) is 0 Å². The minimum atomic E-state index is 0.480. The molecule has 0 fully saturated rings. The molecule has 0 atom stereocenters. The Bertz CT molecular complexity index is 739. The van der Waals surface area contributed by atoms with Crippen molar-refractivity contribution in [2.75, 3.05) is 6.26 Å². The molecule has 5 nitrogen and oxygen atoms in total. The number of rotatable bonds is 2. The predicted octanol–water partition coefficient (Wildman–Crippen LogP) is 2.58. The first-order valence-electron chi connectivity index (χ1n) is 5.21. The third kappa shape index (κ3) is 1.49. The third-order valence-electron chi connectivity index (χ3n) is 2.56.